The predicted octanol–water partition coefficient (Wildman–Crippen LogP) is 1.09. The molecule has 0 saturated heterocycles. The Kier molecular flexibility index (Phi) is 5.05. The van der Waals surface area contributed by atoms with Crippen LogP contribution >= 0.6 is 0 Å². The monoisotopic (exact) mass is 215 g/mol. The number of aliphatic carboxylic acids is 1. The molecule has 1 fully saturated rings. The largest absolute Gasteiger partial charge is 0.480 e. The highest BCUT2D eigenvalue weighted by molar-refractivity contribution is 5.69. The fourth-order valence-corrected chi connectivity index (χ4v) is 2.30. The van der Waals surface area contributed by atoms with Gasteiger partial charge in [0.1, 0.15) is 0 Å². The highest BCUT2D eigenvalue weighted by Gasteiger charge is 2.23. The number of carbonyl (C=O) groups is 1. The van der Waals surface area contributed by atoms with Gasteiger partial charge < -0.3 is 10.2 Å². The molecule has 2 N–H and O–H groups in total. The Balaban J connectivity index is 2.48. The maximum Gasteiger partial charge on any atom is 0.317 e. The van der Waals surface area contributed by atoms with E-state index in [0.29, 0.717) is 12.6 Å². The zero-order chi connectivity index (χ0) is 11.3. The number of aliphatic hydroxyl groups excluding tert-OH is 1. The molecule has 0 spiro atoms. The van der Waals surface area contributed by atoms with Crippen molar-refractivity contribution in [3.8, 4) is 0 Å². The van der Waals surface area contributed by atoms with Crippen LogP contribution in [0.2, 0.25) is 0 Å². The molecular formula is C11H21NO3. The maximum atomic E-state index is 10.7. The van der Waals surface area contributed by atoms with Crippen LogP contribution < -0.4 is 0 Å². The Morgan fingerprint density at radius 2 is 2.00 bits per heavy atom. The molecule has 0 unspecified atom stereocenters. The molecule has 0 radical (unpaired) electrons. The van der Waals surface area contributed by atoms with Crippen molar-refractivity contribution in [3.05, 3.63) is 0 Å². The third-order valence-electron chi connectivity index (χ3n) is 2.93. The molecule has 1 saturated carbocycles. The second-order valence-corrected chi connectivity index (χ2v) is 4.46. The van der Waals surface area contributed by atoms with Crippen LogP contribution in [0.1, 0.15) is 39.0 Å². The second-order valence-electron chi connectivity index (χ2n) is 4.46. The number of nitrogens with zero attached hydrogens (tertiary/aromatic N) is 1. The molecule has 0 heterocycles. The van der Waals surface area contributed by atoms with E-state index in [1.165, 1.54) is 19.3 Å². The molecule has 1 atom stereocenters. The van der Waals surface area contributed by atoms with Crippen LogP contribution in [0.3, 0.4) is 0 Å². The van der Waals surface area contributed by atoms with Crippen LogP contribution in [0.4, 0.5) is 0 Å². The van der Waals surface area contributed by atoms with Gasteiger partial charge in [0.2, 0.25) is 0 Å². The van der Waals surface area contributed by atoms with Gasteiger partial charge in [0.25, 0.3) is 0 Å². The van der Waals surface area contributed by atoms with Crippen LogP contribution in [0.25, 0.3) is 0 Å². The number of aliphatic hydroxyl groups is 1. The molecule has 0 aromatic heterocycles. The van der Waals surface area contributed by atoms with Crippen LogP contribution in [0, 0.1) is 0 Å². The lowest BCUT2D eigenvalue weighted by Crippen LogP contribution is -2.43. The minimum atomic E-state index is -0.804. The van der Waals surface area contributed by atoms with E-state index in [1.54, 1.807) is 6.92 Å². The Hall–Kier alpha value is -0.610. The molecule has 4 nitrogen and oxygen atoms in total. The molecule has 0 bridgehead atoms. The van der Waals surface area contributed by atoms with Gasteiger partial charge in [0, 0.05) is 12.6 Å². The summed E-state index contributed by atoms with van der Waals surface area (Å²) in [6.45, 7) is 2.23. The summed E-state index contributed by atoms with van der Waals surface area (Å²) in [5, 5.41) is 18.1. The van der Waals surface area contributed by atoms with E-state index in [0.717, 1.165) is 12.8 Å². The minimum Gasteiger partial charge on any atom is -0.480 e. The number of carboxylic acid groups (broad SMARTS) is 1. The smallest absolute Gasteiger partial charge is 0.317 e. The van der Waals surface area contributed by atoms with Crippen molar-refractivity contribution >= 4 is 5.97 Å². The first-order chi connectivity index (χ1) is 7.09. The second kappa shape index (κ2) is 6.08. The number of hydrogen-bond donors (Lipinski definition) is 2. The summed E-state index contributed by atoms with van der Waals surface area (Å²) in [5.74, 6) is -0.804. The molecule has 15 heavy (non-hydrogen) atoms. The summed E-state index contributed by atoms with van der Waals surface area (Å²) < 4.78 is 0. The Morgan fingerprint density at radius 3 is 2.47 bits per heavy atom. The normalized spacial score (nSPS) is 20.5. The average Bonchev–Trinajstić information content (AvgIpc) is 2.17. The van der Waals surface area contributed by atoms with Gasteiger partial charge in [-0.1, -0.05) is 19.3 Å². The van der Waals surface area contributed by atoms with E-state index >= 15 is 0 Å². The Labute approximate surface area is 90.9 Å². The van der Waals surface area contributed by atoms with E-state index < -0.39 is 12.1 Å². The summed E-state index contributed by atoms with van der Waals surface area (Å²) in [6, 6.07) is 0.351. The van der Waals surface area contributed by atoms with E-state index in [1.807, 2.05) is 4.90 Å². The van der Waals surface area contributed by atoms with Crippen LogP contribution in [-0.4, -0.2) is 46.3 Å². The number of rotatable bonds is 5. The third kappa shape index (κ3) is 4.62. The first-order valence-electron chi connectivity index (χ1n) is 5.73. The number of hydrogen-bond acceptors (Lipinski definition) is 3. The van der Waals surface area contributed by atoms with Crippen LogP contribution in [0.5, 0.6) is 0 Å². The van der Waals surface area contributed by atoms with Crippen molar-refractivity contribution in [1.82, 2.24) is 4.90 Å². The quantitative estimate of drug-likeness (QED) is 0.720. The van der Waals surface area contributed by atoms with Gasteiger partial charge in [-0.25, -0.2) is 0 Å². The maximum absolute atomic E-state index is 10.7. The van der Waals surface area contributed by atoms with Crippen molar-refractivity contribution in [3.63, 3.8) is 0 Å². The topological polar surface area (TPSA) is 60.8 Å². The van der Waals surface area contributed by atoms with E-state index in [4.69, 9.17) is 5.11 Å². The summed E-state index contributed by atoms with van der Waals surface area (Å²) in [5.41, 5.74) is 0. The van der Waals surface area contributed by atoms with E-state index in [-0.39, 0.29) is 6.54 Å². The highest BCUT2D eigenvalue weighted by Crippen LogP contribution is 2.22. The lowest BCUT2D eigenvalue weighted by molar-refractivity contribution is -0.139. The van der Waals surface area contributed by atoms with Gasteiger partial charge >= 0.3 is 5.97 Å². The molecule has 88 valence electrons. The molecule has 1 rings (SSSR count). The minimum absolute atomic E-state index is 0.0512. The van der Waals surface area contributed by atoms with Crippen molar-refractivity contribution in [1.29, 1.82) is 0 Å². The van der Waals surface area contributed by atoms with Crippen molar-refractivity contribution in [2.75, 3.05) is 13.1 Å². The zero-order valence-electron chi connectivity index (χ0n) is 9.35. The SMILES string of the molecule is C[C@H](O)CN(CC(=O)O)C1CCCCC1. The molecule has 1 aliphatic rings. The lowest BCUT2D eigenvalue weighted by Gasteiger charge is -2.33. The van der Waals surface area contributed by atoms with Gasteiger partial charge in [0.15, 0.2) is 0 Å². The molecule has 0 aromatic carbocycles. The molecule has 0 aliphatic heterocycles. The van der Waals surface area contributed by atoms with Crippen LogP contribution in [-0.2, 0) is 4.79 Å². The van der Waals surface area contributed by atoms with Crippen LogP contribution in [0.15, 0.2) is 0 Å². The van der Waals surface area contributed by atoms with E-state index in [2.05, 4.69) is 0 Å². The van der Waals surface area contributed by atoms with Crippen molar-refractivity contribution in [2.45, 2.75) is 51.2 Å². The third-order valence-corrected chi connectivity index (χ3v) is 2.93. The van der Waals surface area contributed by atoms with Crippen molar-refractivity contribution in [2.24, 2.45) is 0 Å². The van der Waals surface area contributed by atoms with Gasteiger partial charge in [-0.05, 0) is 19.8 Å². The van der Waals surface area contributed by atoms with Gasteiger partial charge in [-0.15, -0.1) is 0 Å². The summed E-state index contributed by atoms with van der Waals surface area (Å²) in [7, 11) is 0. The predicted molar refractivity (Wildman–Crippen MR) is 57.8 cm³/mol. The van der Waals surface area contributed by atoms with Crippen molar-refractivity contribution < 1.29 is 15.0 Å². The fraction of sp³-hybridized carbons (Fsp3) is 0.909. The molecule has 4 heteroatoms. The first kappa shape index (κ1) is 12.5. The lowest BCUT2D eigenvalue weighted by atomic mass is 9.94. The van der Waals surface area contributed by atoms with E-state index in [9.17, 15) is 9.90 Å². The summed E-state index contributed by atoms with van der Waals surface area (Å²) in [6.07, 6.45) is 5.30. The number of carboxylic acids is 1. The molecule has 0 amide bonds. The molecule has 1 aliphatic carbocycles. The zero-order valence-corrected chi connectivity index (χ0v) is 9.35. The summed E-state index contributed by atoms with van der Waals surface area (Å²) >= 11 is 0. The Morgan fingerprint density at radius 1 is 1.40 bits per heavy atom. The molecular weight excluding hydrogens is 194 g/mol. The standard InChI is InChI=1S/C11H21NO3/c1-9(13)7-12(8-11(14)15)10-5-3-2-4-6-10/h9-10,13H,2-8H2,1H3,(H,14,15)/t9-/m0/s1. The first-order valence-corrected chi connectivity index (χ1v) is 5.73. The fourth-order valence-electron chi connectivity index (χ4n) is 2.30. The van der Waals surface area contributed by atoms with Gasteiger partial charge in [-0.2, -0.15) is 0 Å². The average molecular weight is 215 g/mol. The summed E-state index contributed by atoms with van der Waals surface area (Å²) in [4.78, 5) is 12.6. The Bertz CT molecular complexity index is 200. The van der Waals surface area contributed by atoms with Gasteiger partial charge in [-0.3, -0.25) is 9.69 Å². The van der Waals surface area contributed by atoms with Gasteiger partial charge in [0.05, 0.1) is 12.6 Å². The molecule has 0 aromatic rings. The highest BCUT2D eigenvalue weighted by atomic mass is 16.4.